The van der Waals surface area contributed by atoms with Gasteiger partial charge in [0.1, 0.15) is 0 Å². The Morgan fingerprint density at radius 1 is 1.13 bits per heavy atom. The molecule has 1 N–H and O–H groups in total. The van der Waals surface area contributed by atoms with E-state index in [1.807, 2.05) is 44.2 Å². The average molecular weight is 311 g/mol. The van der Waals surface area contributed by atoms with Crippen molar-refractivity contribution < 1.29 is 14.3 Å². The van der Waals surface area contributed by atoms with Crippen LogP contribution in [-0.4, -0.2) is 19.0 Å². The summed E-state index contributed by atoms with van der Waals surface area (Å²) >= 11 is 0. The highest BCUT2D eigenvalue weighted by Crippen LogP contribution is 2.24. The summed E-state index contributed by atoms with van der Waals surface area (Å²) in [7, 11) is 1.34. The molecular weight excluding hydrogens is 290 g/mol. The summed E-state index contributed by atoms with van der Waals surface area (Å²) < 4.78 is 4.72. The van der Waals surface area contributed by atoms with Crippen molar-refractivity contribution in [2.24, 2.45) is 0 Å². The summed E-state index contributed by atoms with van der Waals surface area (Å²) in [5, 5.41) is 2.93. The highest BCUT2D eigenvalue weighted by Gasteiger charge is 2.19. The second-order valence-electron chi connectivity index (χ2n) is 5.38. The van der Waals surface area contributed by atoms with Gasteiger partial charge in [-0.1, -0.05) is 43.3 Å². The van der Waals surface area contributed by atoms with Crippen LogP contribution in [0.2, 0.25) is 0 Å². The number of carbonyl (C=O) groups is 2. The van der Waals surface area contributed by atoms with Gasteiger partial charge in [-0.3, -0.25) is 4.79 Å². The number of benzene rings is 2. The SMILES string of the molecule is CC[C@@H](C(=O)Nc1cc(C(=O)OC)ccc1C)c1ccccc1. The van der Waals surface area contributed by atoms with E-state index in [1.165, 1.54) is 7.11 Å². The molecule has 2 aromatic carbocycles. The van der Waals surface area contributed by atoms with Crippen LogP contribution in [-0.2, 0) is 9.53 Å². The molecule has 0 unspecified atom stereocenters. The maximum absolute atomic E-state index is 12.6. The molecule has 0 fully saturated rings. The fourth-order valence-electron chi connectivity index (χ4n) is 2.48. The van der Waals surface area contributed by atoms with Gasteiger partial charge in [0.25, 0.3) is 0 Å². The first-order valence-corrected chi connectivity index (χ1v) is 7.61. The first-order chi connectivity index (χ1) is 11.1. The minimum absolute atomic E-state index is 0.0798. The van der Waals surface area contributed by atoms with Crippen molar-refractivity contribution in [3.05, 3.63) is 65.2 Å². The molecular formula is C19H21NO3. The van der Waals surface area contributed by atoms with Gasteiger partial charge in [0.05, 0.1) is 18.6 Å². The first-order valence-electron chi connectivity index (χ1n) is 7.61. The van der Waals surface area contributed by atoms with Crippen LogP contribution in [0, 0.1) is 6.92 Å². The van der Waals surface area contributed by atoms with Gasteiger partial charge < -0.3 is 10.1 Å². The summed E-state index contributed by atoms with van der Waals surface area (Å²) in [6.45, 7) is 3.87. The van der Waals surface area contributed by atoms with Crippen molar-refractivity contribution in [1.29, 1.82) is 0 Å². The topological polar surface area (TPSA) is 55.4 Å². The lowest BCUT2D eigenvalue weighted by atomic mass is 9.95. The number of carbonyl (C=O) groups excluding carboxylic acids is 2. The molecule has 23 heavy (non-hydrogen) atoms. The molecule has 0 saturated heterocycles. The highest BCUT2D eigenvalue weighted by molar-refractivity contribution is 5.98. The lowest BCUT2D eigenvalue weighted by Crippen LogP contribution is -2.21. The van der Waals surface area contributed by atoms with Crippen LogP contribution in [0.4, 0.5) is 5.69 Å². The van der Waals surface area contributed by atoms with Crippen molar-refractivity contribution in [3.8, 4) is 0 Å². The number of aryl methyl sites for hydroxylation is 1. The molecule has 0 aliphatic heterocycles. The van der Waals surface area contributed by atoms with E-state index in [1.54, 1.807) is 18.2 Å². The predicted octanol–water partition coefficient (Wildman–Crippen LogP) is 3.91. The Kier molecular flexibility index (Phi) is 5.52. The van der Waals surface area contributed by atoms with Crippen LogP contribution in [0.1, 0.15) is 40.7 Å². The molecule has 0 aromatic heterocycles. The van der Waals surface area contributed by atoms with Crippen molar-refractivity contribution in [1.82, 2.24) is 0 Å². The maximum atomic E-state index is 12.6. The average Bonchev–Trinajstić information content (AvgIpc) is 2.57. The van der Waals surface area contributed by atoms with Gasteiger partial charge in [0, 0.05) is 5.69 Å². The van der Waals surface area contributed by atoms with Gasteiger partial charge in [-0.25, -0.2) is 4.79 Å². The second kappa shape index (κ2) is 7.58. The van der Waals surface area contributed by atoms with Gasteiger partial charge >= 0.3 is 5.97 Å². The minimum atomic E-state index is -0.421. The van der Waals surface area contributed by atoms with Crippen LogP contribution >= 0.6 is 0 Å². The van der Waals surface area contributed by atoms with Crippen LogP contribution in [0.15, 0.2) is 48.5 Å². The van der Waals surface area contributed by atoms with E-state index in [-0.39, 0.29) is 11.8 Å². The smallest absolute Gasteiger partial charge is 0.337 e. The molecule has 0 saturated carbocycles. The minimum Gasteiger partial charge on any atom is -0.465 e. The summed E-state index contributed by atoms with van der Waals surface area (Å²) in [6, 6.07) is 14.8. The molecule has 0 aliphatic carbocycles. The molecule has 0 heterocycles. The number of hydrogen-bond acceptors (Lipinski definition) is 3. The fraction of sp³-hybridized carbons (Fsp3) is 0.263. The molecule has 2 aromatic rings. The van der Waals surface area contributed by atoms with Crippen molar-refractivity contribution in [2.45, 2.75) is 26.2 Å². The van der Waals surface area contributed by atoms with E-state index in [2.05, 4.69) is 5.32 Å². The number of ether oxygens (including phenoxy) is 1. The summed E-state index contributed by atoms with van der Waals surface area (Å²) in [4.78, 5) is 24.3. The molecule has 0 spiro atoms. The van der Waals surface area contributed by atoms with Gasteiger partial charge in [0.2, 0.25) is 5.91 Å². The Bertz CT molecular complexity index is 695. The second-order valence-corrected chi connectivity index (χ2v) is 5.38. The van der Waals surface area contributed by atoms with Gasteiger partial charge in [-0.15, -0.1) is 0 Å². The summed E-state index contributed by atoms with van der Waals surface area (Å²) in [5.41, 5.74) is 2.93. The largest absolute Gasteiger partial charge is 0.465 e. The van der Waals surface area contributed by atoms with Gasteiger partial charge in [-0.05, 0) is 36.6 Å². The van der Waals surface area contributed by atoms with E-state index in [9.17, 15) is 9.59 Å². The quantitative estimate of drug-likeness (QED) is 0.852. The van der Waals surface area contributed by atoms with Gasteiger partial charge in [-0.2, -0.15) is 0 Å². The molecule has 0 radical (unpaired) electrons. The molecule has 0 aliphatic rings. The summed E-state index contributed by atoms with van der Waals surface area (Å²) in [6.07, 6.45) is 0.700. The third-order valence-electron chi connectivity index (χ3n) is 3.84. The van der Waals surface area contributed by atoms with E-state index in [4.69, 9.17) is 4.74 Å². The number of hydrogen-bond donors (Lipinski definition) is 1. The molecule has 4 heteroatoms. The highest BCUT2D eigenvalue weighted by atomic mass is 16.5. The zero-order chi connectivity index (χ0) is 16.8. The van der Waals surface area contributed by atoms with Crippen LogP contribution in [0.25, 0.3) is 0 Å². The third-order valence-corrected chi connectivity index (χ3v) is 3.84. The Balaban J connectivity index is 2.23. The van der Waals surface area contributed by atoms with E-state index < -0.39 is 5.97 Å². The standard InChI is InChI=1S/C19H21NO3/c1-4-16(14-8-6-5-7-9-14)18(21)20-17-12-15(19(22)23-3)11-10-13(17)2/h5-12,16H,4H2,1-3H3,(H,20,21)/t16-/m1/s1. The number of rotatable bonds is 5. The van der Waals surface area contributed by atoms with E-state index >= 15 is 0 Å². The number of methoxy groups -OCH3 is 1. The molecule has 1 atom stereocenters. The van der Waals surface area contributed by atoms with Gasteiger partial charge in [0.15, 0.2) is 0 Å². The third kappa shape index (κ3) is 3.97. The van der Waals surface area contributed by atoms with Crippen molar-refractivity contribution >= 4 is 17.6 Å². The Morgan fingerprint density at radius 3 is 2.43 bits per heavy atom. The molecule has 120 valence electrons. The number of esters is 1. The number of anilines is 1. The van der Waals surface area contributed by atoms with E-state index in [0.717, 1.165) is 11.1 Å². The molecule has 1 amide bonds. The van der Waals surface area contributed by atoms with Crippen molar-refractivity contribution in [2.75, 3.05) is 12.4 Å². The Labute approximate surface area is 136 Å². The molecule has 4 nitrogen and oxygen atoms in total. The maximum Gasteiger partial charge on any atom is 0.337 e. The van der Waals surface area contributed by atoms with Crippen LogP contribution in [0.3, 0.4) is 0 Å². The van der Waals surface area contributed by atoms with E-state index in [0.29, 0.717) is 17.7 Å². The summed E-state index contributed by atoms with van der Waals surface area (Å²) in [5.74, 6) is -0.725. The van der Waals surface area contributed by atoms with Crippen LogP contribution < -0.4 is 5.32 Å². The first kappa shape index (κ1) is 16.7. The lowest BCUT2D eigenvalue weighted by molar-refractivity contribution is -0.117. The number of nitrogens with one attached hydrogen (secondary N) is 1. The lowest BCUT2D eigenvalue weighted by Gasteiger charge is -2.17. The zero-order valence-corrected chi connectivity index (χ0v) is 13.6. The Hall–Kier alpha value is -2.62. The number of amides is 1. The van der Waals surface area contributed by atoms with Crippen LogP contribution in [0.5, 0.6) is 0 Å². The Morgan fingerprint density at radius 2 is 1.83 bits per heavy atom. The monoisotopic (exact) mass is 311 g/mol. The zero-order valence-electron chi connectivity index (χ0n) is 13.6. The predicted molar refractivity (Wildman–Crippen MR) is 90.6 cm³/mol. The molecule has 0 bridgehead atoms. The van der Waals surface area contributed by atoms with Crippen molar-refractivity contribution in [3.63, 3.8) is 0 Å². The molecule has 2 rings (SSSR count). The normalized spacial score (nSPS) is 11.6. The fourth-order valence-corrected chi connectivity index (χ4v) is 2.48.